The Morgan fingerprint density at radius 1 is 1.19 bits per heavy atom. The van der Waals surface area contributed by atoms with Gasteiger partial charge in [0, 0.05) is 5.56 Å². The Morgan fingerprint density at radius 3 is 2.56 bits per heavy atom. The Morgan fingerprint density at radius 2 is 1.93 bits per heavy atom. The highest BCUT2D eigenvalue weighted by Crippen LogP contribution is 2.33. The van der Waals surface area contributed by atoms with Crippen molar-refractivity contribution in [2.45, 2.75) is 20.3 Å². The molecule has 0 aromatic heterocycles. The van der Waals surface area contributed by atoms with Crippen molar-refractivity contribution in [2.75, 3.05) is 20.3 Å². The van der Waals surface area contributed by atoms with Crippen molar-refractivity contribution in [2.24, 2.45) is 5.10 Å². The summed E-state index contributed by atoms with van der Waals surface area (Å²) in [6.07, 6.45) is 2.50. The fourth-order valence-electron chi connectivity index (χ4n) is 2.25. The summed E-state index contributed by atoms with van der Waals surface area (Å²) in [7, 11) is 1.59. The molecule has 27 heavy (non-hydrogen) atoms. The van der Waals surface area contributed by atoms with E-state index in [-0.39, 0.29) is 5.91 Å². The van der Waals surface area contributed by atoms with Gasteiger partial charge in [-0.1, -0.05) is 6.92 Å². The van der Waals surface area contributed by atoms with Gasteiger partial charge in [0.2, 0.25) is 0 Å². The molecule has 2 rings (SSSR count). The Balaban J connectivity index is 2.02. The minimum atomic E-state index is -0.291. The van der Waals surface area contributed by atoms with Crippen molar-refractivity contribution < 1.29 is 19.0 Å². The van der Waals surface area contributed by atoms with Crippen molar-refractivity contribution in [3.63, 3.8) is 0 Å². The van der Waals surface area contributed by atoms with Gasteiger partial charge in [0.1, 0.15) is 5.75 Å². The van der Waals surface area contributed by atoms with Gasteiger partial charge < -0.3 is 14.2 Å². The van der Waals surface area contributed by atoms with Crippen LogP contribution in [0.3, 0.4) is 0 Å². The van der Waals surface area contributed by atoms with Crippen LogP contribution in [0.25, 0.3) is 0 Å². The highest BCUT2D eigenvalue weighted by molar-refractivity contribution is 14.1. The molecule has 144 valence electrons. The Kier molecular flexibility index (Phi) is 8.38. The van der Waals surface area contributed by atoms with E-state index in [0.717, 1.165) is 21.3 Å². The molecule has 7 heteroatoms. The van der Waals surface area contributed by atoms with Gasteiger partial charge in [0.15, 0.2) is 11.5 Å². The lowest BCUT2D eigenvalue weighted by Crippen LogP contribution is -2.17. The highest BCUT2D eigenvalue weighted by Gasteiger charge is 2.10. The second-order valence-electron chi connectivity index (χ2n) is 5.54. The van der Waals surface area contributed by atoms with Crippen LogP contribution in [0.1, 0.15) is 36.2 Å². The third kappa shape index (κ3) is 6.13. The third-order valence-electron chi connectivity index (χ3n) is 3.51. The van der Waals surface area contributed by atoms with E-state index in [2.05, 4.69) is 33.1 Å². The molecule has 0 unspecified atom stereocenters. The summed E-state index contributed by atoms with van der Waals surface area (Å²) in [5.41, 5.74) is 3.83. The van der Waals surface area contributed by atoms with Gasteiger partial charge in [-0.05, 0) is 77.9 Å². The van der Waals surface area contributed by atoms with Crippen LogP contribution in [-0.4, -0.2) is 32.4 Å². The van der Waals surface area contributed by atoms with Gasteiger partial charge in [-0.15, -0.1) is 0 Å². The number of hydrogen-bond donors (Lipinski definition) is 1. The maximum Gasteiger partial charge on any atom is 0.271 e. The lowest BCUT2D eigenvalue weighted by Gasteiger charge is -2.12. The van der Waals surface area contributed by atoms with Gasteiger partial charge in [-0.3, -0.25) is 4.79 Å². The molecule has 0 saturated heterocycles. The number of nitrogens with one attached hydrogen (secondary N) is 1. The lowest BCUT2D eigenvalue weighted by atomic mass is 10.2. The molecular weight excluding hydrogens is 459 g/mol. The number of hydrazone groups is 1. The molecule has 1 amide bonds. The van der Waals surface area contributed by atoms with Crippen LogP contribution in [-0.2, 0) is 0 Å². The molecule has 6 nitrogen and oxygen atoms in total. The molecule has 0 aliphatic carbocycles. The van der Waals surface area contributed by atoms with E-state index in [1.807, 2.05) is 26.0 Å². The zero-order valence-corrected chi connectivity index (χ0v) is 17.8. The average molecular weight is 482 g/mol. The summed E-state index contributed by atoms with van der Waals surface area (Å²) in [5, 5.41) is 4.03. The molecule has 1 N–H and O–H groups in total. The number of carbonyl (C=O) groups excluding carboxylic acids is 1. The Bertz CT molecular complexity index is 791. The SMILES string of the molecule is CCCOc1ccc(C(=O)N/N=C\c2cc(I)c(OCC)c(OC)c2)cc1. The third-order valence-corrected chi connectivity index (χ3v) is 4.31. The van der Waals surface area contributed by atoms with E-state index in [0.29, 0.717) is 30.3 Å². The molecular formula is C20H23IN2O4. The minimum Gasteiger partial charge on any atom is -0.494 e. The number of nitrogens with zero attached hydrogens (tertiary/aromatic N) is 1. The molecule has 2 aromatic carbocycles. The van der Waals surface area contributed by atoms with E-state index >= 15 is 0 Å². The number of benzene rings is 2. The first-order chi connectivity index (χ1) is 13.1. The van der Waals surface area contributed by atoms with Crippen LogP contribution in [0.15, 0.2) is 41.5 Å². The van der Waals surface area contributed by atoms with Crippen LogP contribution < -0.4 is 19.6 Å². The van der Waals surface area contributed by atoms with Crippen LogP contribution in [0.5, 0.6) is 17.2 Å². The van der Waals surface area contributed by atoms with Crippen molar-refractivity contribution in [1.29, 1.82) is 0 Å². The lowest BCUT2D eigenvalue weighted by molar-refractivity contribution is 0.0955. The molecule has 0 saturated carbocycles. The second-order valence-corrected chi connectivity index (χ2v) is 6.70. The van der Waals surface area contributed by atoms with Crippen molar-refractivity contribution in [1.82, 2.24) is 5.43 Å². The predicted octanol–water partition coefficient (Wildman–Crippen LogP) is 4.25. The van der Waals surface area contributed by atoms with Crippen molar-refractivity contribution in [3.05, 3.63) is 51.1 Å². The summed E-state index contributed by atoms with van der Waals surface area (Å²) in [6.45, 7) is 5.17. The molecule has 0 aliphatic heterocycles. The van der Waals surface area contributed by atoms with E-state index in [1.165, 1.54) is 0 Å². The number of carbonyl (C=O) groups is 1. The molecule has 0 atom stereocenters. The normalized spacial score (nSPS) is 10.7. The Hall–Kier alpha value is -2.29. The number of amides is 1. The van der Waals surface area contributed by atoms with E-state index in [9.17, 15) is 4.79 Å². The van der Waals surface area contributed by atoms with Gasteiger partial charge in [-0.25, -0.2) is 5.43 Å². The van der Waals surface area contributed by atoms with E-state index in [1.54, 1.807) is 37.6 Å². The van der Waals surface area contributed by atoms with Gasteiger partial charge >= 0.3 is 0 Å². The first kappa shape index (κ1) is 21.0. The fraction of sp³-hybridized carbons (Fsp3) is 0.300. The minimum absolute atomic E-state index is 0.291. The summed E-state index contributed by atoms with van der Waals surface area (Å²) in [5.74, 6) is 1.78. The zero-order valence-electron chi connectivity index (χ0n) is 15.6. The number of rotatable bonds is 9. The predicted molar refractivity (Wildman–Crippen MR) is 114 cm³/mol. The molecule has 0 aliphatic rings. The fourth-order valence-corrected chi connectivity index (χ4v) is 3.03. The van der Waals surface area contributed by atoms with E-state index < -0.39 is 0 Å². The second kappa shape index (κ2) is 10.8. The standard InChI is InChI=1S/C20H23IN2O4/c1-4-10-27-16-8-6-15(7-9-16)20(24)23-22-13-14-11-17(21)19(26-5-2)18(12-14)25-3/h6-9,11-13H,4-5,10H2,1-3H3,(H,23,24)/b22-13-. The summed E-state index contributed by atoms with van der Waals surface area (Å²) < 4.78 is 17.4. The number of hydrogen-bond acceptors (Lipinski definition) is 5. The van der Waals surface area contributed by atoms with Crippen LogP contribution in [0.4, 0.5) is 0 Å². The zero-order chi connectivity index (χ0) is 19.6. The first-order valence-electron chi connectivity index (χ1n) is 8.65. The first-order valence-corrected chi connectivity index (χ1v) is 9.73. The topological polar surface area (TPSA) is 69.2 Å². The van der Waals surface area contributed by atoms with Crippen LogP contribution >= 0.6 is 22.6 Å². The Labute approximate surface area is 173 Å². The van der Waals surface area contributed by atoms with Crippen molar-refractivity contribution >= 4 is 34.7 Å². The van der Waals surface area contributed by atoms with Crippen LogP contribution in [0.2, 0.25) is 0 Å². The average Bonchev–Trinajstić information content (AvgIpc) is 2.68. The molecule has 0 bridgehead atoms. The quantitative estimate of drug-likeness (QED) is 0.330. The highest BCUT2D eigenvalue weighted by atomic mass is 127. The number of ether oxygens (including phenoxy) is 3. The number of methoxy groups -OCH3 is 1. The maximum absolute atomic E-state index is 12.2. The molecule has 0 fully saturated rings. The number of halogens is 1. The van der Waals surface area contributed by atoms with Crippen molar-refractivity contribution in [3.8, 4) is 17.2 Å². The van der Waals surface area contributed by atoms with Gasteiger partial charge in [0.25, 0.3) is 5.91 Å². The summed E-state index contributed by atoms with van der Waals surface area (Å²) in [4.78, 5) is 12.2. The van der Waals surface area contributed by atoms with E-state index in [4.69, 9.17) is 14.2 Å². The van der Waals surface area contributed by atoms with Gasteiger partial charge in [0.05, 0.1) is 30.1 Å². The monoisotopic (exact) mass is 482 g/mol. The van der Waals surface area contributed by atoms with Crippen LogP contribution in [0, 0.1) is 3.57 Å². The maximum atomic E-state index is 12.2. The molecule has 0 heterocycles. The summed E-state index contributed by atoms with van der Waals surface area (Å²) in [6, 6.07) is 10.7. The smallest absolute Gasteiger partial charge is 0.271 e. The summed E-state index contributed by atoms with van der Waals surface area (Å²) >= 11 is 2.18. The largest absolute Gasteiger partial charge is 0.494 e. The molecule has 0 spiro atoms. The molecule has 0 radical (unpaired) electrons. The van der Waals surface area contributed by atoms with Gasteiger partial charge in [-0.2, -0.15) is 5.10 Å². The molecule has 2 aromatic rings.